The first-order valence-electron chi connectivity index (χ1n) is 15.0. The van der Waals surface area contributed by atoms with Crippen LogP contribution in [0.3, 0.4) is 0 Å². The van der Waals surface area contributed by atoms with Gasteiger partial charge in [0, 0.05) is 50.9 Å². The van der Waals surface area contributed by atoms with Gasteiger partial charge in [-0.15, -0.1) is 0 Å². The maximum absolute atomic E-state index is 13.5. The van der Waals surface area contributed by atoms with Crippen molar-refractivity contribution in [2.75, 3.05) is 50.6 Å². The first-order chi connectivity index (χ1) is 20.9. The van der Waals surface area contributed by atoms with Crippen molar-refractivity contribution in [1.29, 1.82) is 0 Å². The van der Waals surface area contributed by atoms with Crippen molar-refractivity contribution >= 4 is 28.6 Å². The molecule has 0 aliphatic carbocycles. The molecule has 2 saturated heterocycles. The minimum absolute atomic E-state index is 0.0490. The fourth-order valence-electron chi connectivity index (χ4n) is 5.29. The highest BCUT2D eigenvalue weighted by molar-refractivity contribution is 7.80. The van der Waals surface area contributed by atoms with Gasteiger partial charge in [-0.3, -0.25) is 10.3 Å². The smallest absolute Gasteiger partial charge is 0.382 e. The fraction of sp³-hybridized carbons (Fsp3) is 0.581. The molecule has 2 aliphatic rings. The van der Waals surface area contributed by atoms with Crippen molar-refractivity contribution in [2.24, 2.45) is 0 Å². The van der Waals surface area contributed by atoms with Gasteiger partial charge in [0.15, 0.2) is 0 Å². The summed E-state index contributed by atoms with van der Waals surface area (Å²) in [7, 11) is 1.26. The number of likely N-dealkylation sites (tertiary alicyclic amines) is 2. The lowest BCUT2D eigenvalue weighted by molar-refractivity contribution is -0.138. The lowest BCUT2D eigenvalue weighted by Crippen LogP contribution is -2.43. The number of anilines is 2. The van der Waals surface area contributed by atoms with E-state index in [0.717, 1.165) is 93.6 Å². The Kier molecular flexibility index (Phi) is 13.6. The molecule has 2 heterocycles. The zero-order valence-electron chi connectivity index (χ0n) is 25.4. The number of benzene rings is 2. The Morgan fingerprint density at radius 3 is 2.09 bits per heavy atom. The maximum atomic E-state index is 13.5. The van der Waals surface area contributed by atoms with Gasteiger partial charge < -0.3 is 19.9 Å². The van der Waals surface area contributed by atoms with Gasteiger partial charge in [-0.1, -0.05) is 38.2 Å². The second kappa shape index (κ2) is 16.6. The molecule has 2 fully saturated rings. The SMILES string of the molecule is CC.CONc1ccc(NC2CCN(C(=S)CCN3CCC(OCc4ccc(C(F)(F)F)cc4)CC3)CC2)cc1C(F)(F)F. The zero-order chi connectivity index (χ0) is 32.3. The summed E-state index contributed by atoms with van der Waals surface area (Å²) in [5.74, 6) is 0. The lowest BCUT2D eigenvalue weighted by Gasteiger charge is -2.36. The molecule has 0 saturated carbocycles. The molecule has 2 aromatic carbocycles. The van der Waals surface area contributed by atoms with Gasteiger partial charge in [0.25, 0.3) is 0 Å². The van der Waals surface area contributed by atoms with Crippen molar-refractivity contribution in [3.8, 4) is 0 Å². The second-order valence-corrected chi connectivity index (χ2v) is 11.1. The Morgan fingerprint density at radius 2 is 1.52 bits per heavy atom. The van der Waals surface area contributed by atoms with E-state index in [1.807, 2.05) is 13.8 Å². The third kappa shape index (κ3) is 10.8. The van der Waals surface area contributed by atoms with Gasteiger partial charge in [0.05, 0.1) is 41.6 Å². The molecule has 0 spiro atoms. The van der Waals surface area contributed by atoms with Crippen molar-refractivity contribution in [2.45, 2.75) is 77.1 Å². The summed E-state index contributed by atoms with van der Waals surface area (Å²) in [5.41, 5.74) is 1.83. The fourth-order valence-corrected chi connectivity index (χ4v) is 5.57. The molecule has 2 aromatic rings. The van der Waals surface area contributed by atoms with Crippen LogP contribution in [0.2, 0.25) is 0 Å². The predicted molar refractivity (Wildman–Crippen MR) is 165 cm³/mol. The Morgan fingerprint density at radius 1 is 0.886 bits per heavy atom. The van der Waals surface area contributed by atoms with Crippen LogP contribution in [0.15, 0.2) is 42.5 Å². The Hall–Kier alpha value is -2.61. The first kappa shape index (κ1) is 35.9. The summed E-state index contributed by atoms with van der Waals surface area (Å²) in [4.78, 5) is 10.1. The molecule has 0 aromatic heterocycles. The summed E-state index contributed by atoms with van der Waals surface area (Å²) in [6.45, 7) is 8.34. The summed E-state index contributed by atoms with van der Waals surface area (Å²) < 4.78 is 84.5. The zero-order valence-corrected chi connectivity index (χ0v) is 26.2. The molecule has 0 atom stereocenters. The minimum atomic E-state index is -4.51. The third-order valence-corrected chi connectivity index (χ3v) is 8.16. The standard InChI is InChI=1S/C29H36F6N4O2S.C2H6/c1-40-37-26-7-6-23(18-25(26)29(33,34)35)36-22-8-16-39(17-9-22)27(42)12-15-38-13-10-24(11-14-38)41-19-20-2-4-21(5-3-20)28(30,31)32;1-2/h2-7,18,22,24,36-37H,8-17,19H2,1H3;1-2H3. The number of alkyl halides is 6. The molecule has 0 amide bonds. The molecular formula is C31H42F6N4O2S. The number of thiocarbonyl (C=S) groups is 1. The second-order valence-electron chi connectivity index (χ2n) is 10.7. The van der Waals surface area contributed by atoms with Gasteiger partial charge in [-0.05, 0) is 61.6 Å². The Balaban J connectivity index is 0.00000259. The molecular weight excluding hydrogens is 606 g/mol. The van der Waals surface area contributed by atoms with Crippen molar-refractivity contribution < 1.29 is 35.9 Å². The first-order valence-corrected chi connectivity index (χ1v) is 15.4. The van der Waals surface area contributed by atoms with Crippen LogP contribution in [0.4, 0.5) is 37.7 Å². The number of rotatable bonds is 10. The molecule has 2 aliphatic heterocycles. The van der Waals surface area contributed by atoms with E-state index in [9.17, 15) is 26.3 Å². The highest BCUT2D eigenvalue weighted by atomic mass is 32.1. The monoisotopic (exact) mass is 648 g/mol. The molecule has 2 N–H and O–H groups in total. The van der Waals surface area contributed by atoms with E-state index < -0.39 is 23.5 Å². The van der Waals surface area contributed by atoms with Crippen LogP contribution in [0.1, 0.15) is 62.6 Å². The number of hydrogen-bond donors (Lipinski definition) is 2. The maximum Gasteiger partial charge on any atom is 0.418 e. The third-order valence-electron chi connectivity index (χ3n) is 7.70. The summed E-state index contributed by atoms with van der Waals surface area (Å²) in [6.07, 6.45) is -4.79. The Bertz CT molecular complexity index is 1160. The van der Waals surface area contributed by atoms with Crippen LogP contribution in [0.5, 0.6) is 0 Å². The van der Waals surface area contributed by atoms with Crippen molar-refractivity contribution in [3.63, 3.8) is 0 Å². The number of nitrogens with zero attached hydrogens (tertiary/aromatic N) is 2. The number of ether oxygens (including phenoxy) is 1. The number of hydrogen-bond acceptors (Lipinski definition) is 6. The Labute approximate surface area is 261 Å². The van der Waals surface area contributed by atoms with Crippen LogP contribution in [-0.2, 0) is 28.5 Å². The molecule has 44 heavy (non-hydrogen) atoms. The molecule has 13 heteroatoms. The van der Waals surface area contributed by atoms with E-state index in [2.05, 4.69) is 25.4 Å². The molecule has 6 nitrogen and oxygen atoms in total. The topological polar surface area (TPSA) is 49.0 Å². The van der Waals surface area contributed by atoms with Crippen LogP contribution in [0, 0.1) is 0 Å². The highest BCUT2D eigenvalue weighted by Gasteiger charge is 2.34. The summed E-state index contributed by atoms with van der Waals surface area (Å²) >= 11 is 5.70. The van der Waals surface area contributed by atoms with Gasteiger partial charge in [-0.25, -0.2) is 0 Å². The molecule has 4 rings (SSSR count). The van der Waals surface area contributed by atoms with Crippen LogP contribution >= 0.6 is 12.2 Å². The van der Waals surface area contributed by atoms with E-state index >= 15 is 0 Å². The van der Waals surface area contributed by atoms with Crippen LogP contribution in [0.25, 0.3) is 0 Å². The largest absolute Gasteiger partial charge is 0.418 e. The molecule has 0 radical (unpaired) electrons. The number of nitrogens with one attached hydrogen (secondary N) is 2. The van der Waals surface area contributed by atoms with Crippen LogP contribution in [-0.4, -0.2) is 66.8 Å². The molecule has 0 unspecified atom stereocenters. The normalized spacial score (nSPS) is 17.2. The minimum Gasteiger partial charge on any atom is -0.382 e. The molecule has 0 bridgehead atoms. The van der Waals surface area contributed by atoms with E-state index in [4.69, 9.17) is 17.0 Å². The highest BCUT2D eigenvalue weighted by Crippen LogP contribution is 2.37. The molecule has 246 valence electrons. The van der Waals surface area contributed by atoms with Crippen LogP contribution < -0.4 is 10.8 Å². The number of halogens is 6. The number of piperidine rings is 2. The quantitative estimate of drug-likeness (QED) is 0.154. The van der Waals surface area contributed by atoms with E-state index in [1.165, 1.54) is 25.3 Å². The van der Waals surface area contributed by atoms with E-state index in [-0.39, 0.29) is 24.4 Å². The van der Waals surface area contributed by atoms with E-state index in [0.29, 0.717) is 5.69 Å². The summed E-state index contributed by atoms with van der Waals surface area (Å²) in [6, 6.07) is 9.19. The van der Waals surface area contributed by atoms with Gasteiger partial charge in [0.2, 0.25) is 0 Å². The lowest BCUT2D eigenvalue weighted by atomic mass is 10.0. The predicted octanol–water partition coefficient (Wildman–Crippen LogP) is 8.00. The summed E-state index contributed by atoms with van der Waals surface area (Å²) in [5, 5.41) is 3.24. The van der Waals surface area contributed by atoms with Gasteiger partial charge in [0.1, 0.15) is 0 Å². The van der Waals surface area contributed by atoms with Gasteiger partial charge in [-0.2, -0.15) is 26.3 Å². The van der Waals surface area contributed by atoms with Gasteiger partial charge >= 0.3 is 12.4 Å². The van der Waals surface area contributed by atoms with Crippen molar-refractivity contribution in [3.05, 3.63) is 59.2 Å². The average molecular weight is 649 g/mol. The average Bonchev–Trinajstić information content (AvgIpc) is 3.01. The van der Waals surface area contributed by atoms with E-state index in [1.54, 1.807) is 6.07 Å². The van der Waals surface area contributed by atoms with Crippen molar-refractivity contribution in [1.82, 2.24) is 9.80 Å².